The highest BCUT2D eigenvalue weighted by Gasteiger charge is 2.39. The van der Waals surface area contributed by atoms with Gasteiger partial charge in [0, 0.05) is 50.8 Å². The lowest BCUT2D eigenvalue weighted by Gasteiger charge is -2.29. The van der Waals surface area contributed by atoms with Crippen molar-refractivity contribution in [3.8, 4) is 33.4 Å². The topological polar surface area (TPSA) is 38.9 Å². The third-order valence-electron chi connectivity index (χ3n) is 13.0. The lowest BCUT2D eigenvalue weighted by molar-refractivity contribution is 0.591. The van der Waals surface area contributed by atoms with Crippen LogP contribution < -0.4 is 0 Å². The zero-order valence-corrected chi connectivity index (χ0v) is 32.3. The third kappa shape index (κ3) is 4.93. The molecule has 0 spiro atoms. The van der Waals surface area contributed by atoms with Crippen molar-refractivity contribution < 1.29 is 4.42 Å². The molecular weight excluding hydrogens is 705 g/mol. The van der Waals surface area contributed by atoms with Crippen LogP contribution in [0.1, 0.15) is 42.9 Å². The van der Waals surface area contributed by atoms with Crippen molar-refractivity contribution in [2.75, 3.05) is 0 Å². The number of aromatic nitrogens is 2. The Hall–Kier alpha value is -7.10. The van der Waals surface area contributed by atoms with E-state index in [9.17, 15) is 0 Å². The second-order valence-electron chi connectivity index (χ2n) is 16.5. The van der Waals surface area contributed by atoms with Gasteiger partial charge in [-0.2, -0.15) is 0 Å². The molecule has 274 valence electrons. The van der Waals surface area contributed by atoms with Crippen molar-refractivity contribution >= 4 is 60.1 Å². The summed E-state index contributed by atoms with van der Waals surface area (Å²) in [5.41, 5.74) is 17.9. The van der Waals surface area contributed by atoms with Gasteiger partial charge in [0.15, 0.2) is 0 Å². The van der Waals surface area contributed by atoms with Crippen LogP contribution in [0.25, 0.3) is 93.5 Å². The monoisotopic (exact) mass is 742 g/mol. The number of hydrogen-bond donors (Lipinski definition) is 0. The number of nitrogens with zero attached hydrogens (tertiary/aromatic N) is 2. The number of rotatable bonds is 4. The minimum atomic E-state index is -0.0958. The third-order valence-corrected chi connectivity index (χ3v) is 13.0. The van der Waals surface area contributed by atoms with E-state index in [2.05, 4.69) is 172 Å². The molecule has 0 saturated carbocycles. The van der Waals surface area contributed by atoms with Gasteiger partial charge in [-0.1, -0.05) is 159 Å². The van der Waals surface area contributed by atoms with Gasteiger partial charge in [0.25, 0.3) is 0 Å². The maximum atomic E-state index is 6.45. The van der Waals surface area contributed by atoms with E-state index in [0.717, 1.165) is 55.7 Å². The number of para-hydroxylation sites is 2. The Labute approximate surface area is 336 Å². The van der Waals surface area contributed by atoms with E-state index in [1.165, 1.54) is 66.4 Å². The second kappa shape index (κ2) is 12.4. The van der Waals surface area contributed by atoms with Gasteiger partial charge in [-0.05, 0) is 91.5 Å². The molecular formula is C55H38N2O. The summed E-state index contributed by atoms with van der Waals surface area (Å²) in [6.45, 7) is 4.81. The zero-order chi connectivity index (χ0) is 38.5. The average Bonchev–Trinajstić information content (AvgIpc) is 3.78. The molecule has 0 bridgehead atoms. The van der Waals surface area contributed by atoms with Gasteiger partial charge in [-0.15, -0.1) is 0 Å². The Morgan fingerprint density at radius 3 is 2.00 bits per heavy atom. The molecule has 0 N–H and O–H groups in total. The van der Waals surface area contributed by atoms with Gasteiger partial charge >= 0.3 is 0 Å². The molecule has 0 radical (unpaired) electrons. The van der Waals surface area contributed by atoms with Crippen LogP contribution in [0.4, 0.5) is 0 Å². The van der Waals surface area contributed by atoms with Crippen LogP contribution in [-0.2, 0) is 5.41 Å². The Morgan fingerprint density at radius 1 is 0.517 bits per heavy atom. The lowest BCUT2D eigenvalue weighted by atomic mass is 9.74. The largest absolute Gasteiger partial charge is 0.455 e. The predicted octanol–water partition coefficient (Wildman–Crippen LogP) is 14.6. The van der Waals surface area contributed by atoms with Crippen molar-refractivity contribution in [2.45, 2.75) is 31.6 Å². The molecule has 1 unspecified atom stereocenters. The first-order valence-electron chi connectivity index (χ1n) is 20.2. The first kappa shape index (κ1) is 33.1. The molecule has 0 fully saturated rings. The molecule has 0 amide bonds. The standard InChI is InChI=1S/C55H38N2O/c1-55(2)49-31-38(20-23-42(49)43-24-22-39(32-50(43)55)40-17-9-18-47-44-15-5-6-19-51(44)58-54(40)47)36-13-8-11-34(29-36)33-10-7-12-35(28-33)37-21-25-46-48(30-37)41-14-3-4-16-45(41)52-53(46)57-27-26-56-52/h3-30,32,38H,31H2,1-2H3. The lowest BCUT2D eigenvalue weighted by Crippen LogP contribution is -2.19. The van der Waals surface area contributed by atoms with Crippen LogP contribution in [0.2, 0.25) is 0 Å². The summed E-state index contributed by atoms with van der Waals surface area (Å²) in [4.78, 5) is 9.47. The molecule has 2 aliphatic carbocycles. The van der Waals surface area contributed by atoms with E-state index in [-0.39, 0.29) is 5.41 Å². The number of allylic oxidation sites excluding steroid dienone is 4. The molecule has 2 heterocycles. The zero-order valence-electron chi connectivity index (χ0n) is 32.3. The summed E-state index contributed by atoms with van der Waals surface area (Å²) in [5, 5.41) is 6.98. The Balaban J connectivity index is 0.855. The maximum Gasteiger partial charge on any atom is 0.143 e. The van der Waals surface area contributed by atoms with E-state index in [4.69, 9.17) is 14.4 Å². The normalized spacial score (nSPS) is 15.9. The van der Waals surface area contributed by atoms with Crippen LogP contribution in [0, 0.1) is 0 Å². The predicted molar refractivity (Wildman–Crippen MR) is 241 cm³/mol. The number of benzene rings is 8. The van der Waals surface area contributed by atoms with Crippen molar-refractivity contribution in [1.82, 2.24) is 9.97 Å². The van der Waals surface area contributed by atoms with Gasteiger partial charge in [0.05, 0.1) is 11.0 Å². The first-order valence-corrected chi connectivity index (χ1v) is 20.2. The van der Waals surface area contributed by atoms with Gasteiger partial charge in [-0.3, -0.25) is 9.97 Å². The van der Waals surface area contributed by atoms with Crippen LogP contribution in [-0.4, -0.2) is 9.97 Å². The van der Waals surface area contributed by atoms with Crippen molar-refractivity contribution in [1.29, 1.82) is 0 Å². The fourth-order valence-corrected chi connectivity index (χ4v) is 10.0. The molecule has 2 aromatic heterocycles. The van der Waals surface area contributed by atoms with Crippen LogP contribution >= 0.6 is 0 Å². The van der Waals surface area contributed by atoms with Crippen LogP contribution in [0.15, 0.2) is 186 Å². The smallest absolute Gasteiger partial charge is 0.143 e. The second-order valence-corrected chi connectivity index (χ2v) is 16.5. The molecule has 3 nitrogen and oxygen atoms in total. The molecule has 8 aromatic carbocycles. The summed E-state index contributed by atoms with van der Waals surface area (Å²) in [6, 6.07) is 55.3. The summed E-state index contributed by atoms with van der Waals surface area (Å²) in [6.07, 6.45) is 9.38. The highest BCUT2D eigenvalue weighted by Crippen LogP contribution is 2.53. The van der Waals surface area contributed by atoms with Gasteiger partial charge in [0.1, 0.15) is 11.2 Å². The quantitative estimate of drug-likeness (QED) is 0.169. The van der Waals surface area contributed by atoms with Crippen molar-refractivity contribution in [3.05, 3.63) is 198 Å². The molecule has 0 saturated heterocycles. The molecule has 10 aromatic rings. The Kier molecular flexibility index (Phi) is 7.10. The highest BCUT2D eigenvalue weighted by molar-refractivity contribution is 6.23. The summed E-state index contributed by atoms with van der Waals surface area (Å²) in [7, 11) is 0. The maximum absolute atomic E-state index is 6.45. The number of furan rings is 1. The van der Waals surface area contributed by atoms with Crippen molar-refractivity contribution in [2.24, 2.45) is 0 Å². The van der Waals surface area contributed by atoms with E-state index >= 15 is 0 Å². The summed E-state index contributed by atoms with van der Waals surface area (Å²) in [5.74, 6) is 0.297. The summed E-state index contributed by atoms with van der Waals surface area (Å²) < 4.78 is 6.45. The highest BCUT2D eigenvalue weighted by atomic mass is 16.3. The minimum absolute atomic E-state index is 0.0958. The fraction of sp³-hybridized carbons (Fsp3) is 0.0909. The molecule has 1 atom stereocenters. The fourth-order valence-electron chi connectivity index (χ4n) is 10.0. The van der Waals surface area contributed by atoms with Gasteiger partial charge < -0.3 is 4.42 Å². The Morgan fingerprint density at radius 2 is 1.17 bits per heavy atom. The SMILES string of the molecule is CC1(C)C2=C(C=CC(c3cccc(-c4cccc(-c5ccc6c(c5)c5ccccc5c5nccnc65)c4)c3)C2)c2ccc(-c3cccc4c3oc3ccccc34)cc21. The Bertz CT molecular complexity index is 3380. The first-order chi connectivity index (χ1) is 28.5. The van der Waals surface area contributed by atoms with Crippen LogP contribution in [0.5, 0.6) is 0 Å². The summed E-state index contributed by atoms with van der Waals surface area (Å²) >= 11 is 0. The minimum Gasteiger partial charge on any atom is -0.455 e. The number of fused-ring (bicyclic) bond motifs is 11. The van der Waals surface area contributed by atoms with Crippen molar-refractivity contribution in [3.63, 3.8) is 0 Å². The molecule has 3 heteroatoms. The van der Waals surface area contributed by atoms with E-state index in [1.54, 1.807) is 12.4 Å². The molecule has 12 rings (SSSR count). The molecule has 58 heavy (non-hydrogen) atoms. The molecule has 0 aliphatic heterocycles. The van der Waals surface area contributed by atoms with E-state index in [1.807, 2.05) is 6.07 Å². The average molecular weight is 743 g/mol. The molecule has 2 aliphatic rings. The van der Waals surface area contributed by atoms with Gasteiger partial charge in [-0.25, -0.2) is 0 Å². The van der Waals surface area contributed by atoms with E-state index in [0.29, 0.717) is 5.92 Å². The van der Waals surface area contributed by atoms with Gasteiger partial charge in [0.2, 0.25) is 0 Å². The number of hydrogen-bond acceptors (Lipinski definition) is 3. The van der Waals surface area contributed by atoms with E-state index < -0.39 is 0 Å². The van der Waals surface area contributed by atoms with Crippen LogP contribution in [0.3, 0.4) is 0 Å².